The van der Waals surface area contributed by atoms with Gasteiger partial charge in [0.15, 0.2) is 11.6 Å². The van der Waals surface area contributed by atoms with Gasteiger partial charge >= 0.3 is 0 Å². The van der Waals surface area contributed by atoms with Crippen molar-refractivity contribution in [3.63, 3.8) is 0 Å². The lowest BCUT2D eigenvalue weighted by molar-refractivity contribution is -0.106. The molecule has 5 rings (SSSR count). The van der Waals surface area contributed by atoms with Crippen molar-refractivity contribution >= 4 is 28.8 Å². The molecule has 0 bridgehead atoms. The molecule has 186 valence electrons. The molecule has 0 atom stereocenters. The van der Waals surface area contributed by atoms with E-state index in [1.165, 1.54) is 5.56 Å². The van der Waals surface area contributed by atoms with Gasteiger partial charge in [-0.2, -0.15) is 0 Å². The van der Waals surface area contributed by atoms with E-state index < -0.39 is 0 Å². The normalized spacial score (nSPS) is 11.4. The van der Waals surface area contributed by atoms with Crippen molar-refractivity contribution in [3.05, 3.63) is 120 Å². The van der Waals surface area contributed by atoms with Gasteiger partial charge in [-0.25, -0.2) is 0 Å². The van der Waals surface area contributed by atoms with Crippen LogP contribution in [0.25, 0.3) is 10.9 Å². The predicted octanol–water partition coefficient (Wildman–Crippen LogP) is 7.26. The van der Waals surface area contributed by atoms with Crippen LogP contribution in [-0.2, 0) is 23.4 Å². The van der Waals surface area contributed by atoms with Crippen LogP contribution in [0.15, 0.2) is 103 Å². The van der Waals surface area contributed by atoms with Gasteiger partial charge in [-0.1, -0.05) is 87.5 Å². The van der Waals surface area contributed by atoms with E-state index in [2.05, 4.69) is 60.7 Å². The first-order chi connectivity index (χ1) is 18.0. The average Bonchev–Trinajstić information content (AvgIpc) is 3.22. The van der Waals surface area contributed by atoms with Crippen LogP contribution < -0.4 is 9.64 Å². The maximum atomic E-state index is 12.6. The number of amides is 1. The number of hydrogen-bond acceptors (Lipinski definition) is 3. The highest BCUT2D eigenvalue weighted by molar-refractivity contribution is 5.99. The summed E-state index contributed by atoms with van der Waals surface area (Å²) >= 11 is 0. The summed E-state index contributed by atoms with van der Waals surface area (Å²) in [5.41, 5.74) is 5.23. The molecule has 37 heavy (non-hydrogen) atoms. The van der Waals surface area contributed by atoms with Crippen LogP contribution in [0.3, 0.4) is 0 Å². The van der Waals surface area contributed by atoms with Crippen LogP contribution >= 0.6 is 0 Å². The lowest BCUT2D eigenvalue weighted by Crippen LogP contribution is -2.19. The summed E-state index contributed by atoms with van der Waals surface area (Å²) in [5.74, 6) is 1.35. The van der Waals surface area contributed by atoms with Crippen LogP contribution in [0.4, 0.5) is 11.5 Å². The number of hydrogen-bond donors (Lipinski definition) is 0. The first-order valence-corrected chi connectivity index (χ1v) is 12.5. The van der Waals surface area contributed by atoms with Crippen LogP contribution in [0, 0.1) is 0 Å². The quantitative estimate of drug-likeness (QED) is 0.216. The van der Waals surface area contributed by atoms with E-state index in [0.717, 1.165) is 28.4 Å². The summed E-state index contributed by atoms with van der Waals surface area (Å²) < 4.78 is 8.64. The van der Waals surface area contributed by atoms with Crippen molar-refractivity contribution in [2.45, 2.75) is 39.3 Å². The minimum atomic E-state index is 0.0803. The number of nitrogens with zero attached hydrogens (tertiary/aromatic N) is 3. The largest absolute Gasteiger partial charge is 0.484 e. The number of benzene rings is 3. The fourth-order valence-corrected chi connectivity index (χ4v) is 4.55. The van der Waals surface area contributed by atoms with Crippen molar-refractivity contribution in [1.82, 2.24) is 9.55 Å². The second-order valence-electron chi connectivity index (χ2n) is 10.2. The Balaban J connectivity index is 1.65. The van der Waals surface area contributed by atoms with Crippen LogP contribution in [0.2, 0.25) is 0 Å². The van der Waals surface area contributed by atoms with E-state index in [9.17, 15) is 4.79 Å². The monoisotopic (exact) mass is 489 g/mol. The Kier molecular flexibility index (Phi) is 6.78. The number of para-hydroxylation sites is 1. The summed E-state index contributed by atoms with van der Waals surface area (Å²) in [7, 11) is 0. The number of carbonyl (C=O) groups is 1. The van der Waals surface area contributed by atoms with Gasteiger partial charge in [0, 0.05) is 18.1 Å². The highest BCUT2D eigenvalue weighted by Crippen LogP contribution is 2.43. The van der Waals surface area contributed by atoms with E-state index in [0.29, 0.717) is 30.4 Å². The molecule has 0 aliphatic heterocycles. The third-order valence-electron chi connectivity index (χ3n) is 6.54. The zero-order valence-corrected chi connectivity index (χ0v) is 21.5. The molecule has 5 aromatic rings. The van der Waals surface area contributed by atoms with Crippen molar-refractivity contribution in [2.75, 3.05) is 4.90 Å². The number of pyridine rings is 1. The second-order valence-corrected chi connectivity index (χ2v) is 10.2. The SMILES string of the molecule is CC(C)(C)c1ccc(Cn2c(N(C=O)c3cccnc3)c(OCc3ccccc3)c3ccccc32)cc1. The number of carbonyl (C=O) groups excluding carboxylic acids is 1. The van der Waals surface area contributed by atoms with Gasteiger partial charge < -0.3 is 9.30 Å². The fraction of sp³-hybridized carbons (Fsp3) is 0.188. The molecular weight excluding hydrogens is 458 g/mol. The molecular formula is C32H31N3O2. The Hall–Kier alpha value is -4.38. The Labute approximate surface area is 218 Å². The highest BCUT2D eigenvalue weighted by atomic mass is 16.5. The van der Waals surface area contributed by atoms with Crippen LogP contribution in [-0.4, -0.2) is 16.0 Å². The number of ether oxygens (including phenoxy) is 1. The molecule has 5 nitrogen and oxygen atoms in total. The van der Waals surface area contributed by atoms with Gasteiger partial charge in [-0.05, 0) is 46.4 Å². The van der Waals surface area contributed by atoms with Gasteiger partial charge in [0.1, 0.15) is 6.61 Å². The summed E-state index contributed by atoms with van der Waals surface area (Å²) in [6.07, 6.45) is 4.22. The van der Waals surface area contributed by atoms with E-state index in [4.69, 9.17) is 4.74 Å². The Morgan fingerprint density at radius 1 is 0.865 bits per heavy atom. The van der Waals surface area contributed by atoms with Gasteiger partial charge in [0.2, 0.25) is 6.41 Å². The lowest BCUT2D eigenvalue weighted by Gasteiger charge is -2.22. The fourth-order valence-electron chi connectivity index (χ4n) is 4.55. The maximum absolute atomic E-state index is 12.6. The molecule has 0 saturated carbocycles. The number of aromatic nitrogens is 2. The molecule has 0 aliphatic carbocycles. The molecule has 0 N–H and O–H groups in total. The number of anilines is 2. The number of fused-ring (bicyclic) bond motifs is 1. The molecule has 0 spiro atoms. The summed E-state index contributed by atoms with van der Waals surface area (Å²) in [4.78, 5) is 18.5. The molecule has 0 radical (unpaired) electrons. The minimum Gasteiger partial charge on any atom is -0.484 e. The van der Waals surface area contributed by atoms with Crippen molar-refractivity contribution < 1.29 is 9.53 Å². The average molecular weight is 490 g/mol. The summed E-state index contributed by atoms with van der Waals surface area (Å²) in [6, 6.07) is 30.6. The second kappa shape index (κ2) is 10.3. The third kappa shape index (κ3) is 5.12. The molecule has 1 amide bonds. The molecule has 2 heterocycles. The maximum Gasteiger partial charge on any atom is 0.220 e. The first kappa shape index (κ1) is 24.3. The molecule has 0 fully saturated rings. The van der Waals surface area contributed by atoms with Crippen molar-refractivity contribution in [1.29, 1.82) is 0 Å². The molecule has 0 unspecified atom stereocenters. The Morgan fingerprint density at radius 2 is 1.59 bits per heavy atom. The molecule has 2 aromatic heterocycles. The topological polar surface area (TPSA) is 47.4 Å². The Morgan fingerprint density at radius 3 is 2.27 bits per heavy atom. The first-order valence-electron chi connectivity index (χ1n) is 12.5. The predicted molar refractivity (Wildman–Crippen MR) is 149 cm³/mol. The van der Waals surface area contributed by atoms with E-state index in [-0.39, 0.29) is 5.41 Å². The van der Waals surface area contributed by atoms with E-state index in [1.807, 2.05) is 60.7 Å². The smallest absolute Gasteiger partial charge is 0.220 e. The van der Waals surface area contributed by atoms with Crippen LogP contribution in [0.1, 0.15) is 37.5 Å². The molecule has 0 aliphatic rings. The van der Waals surface area contributed by atoms with Crippen molar-refractivity contribution in [2.24, 2.45) is 0 Å². The molecule has 0 saturated heterocycles. The van der Waals surface area contributed by atoms with E-state index >= 15 is 0 Å². The highest BCUT2D eigenvalue weighted by Gasteiger charge is 2.25. The van der Waals surface area contributed by atoms with Crippen molar-refractivity contribution in [3.8, 4) is 5.75 Å². The van der Waals surface area contributed by atoms with Gasteiger partial charge in [-0.15, -0.1) is 0 Å². The zero-order valence-electron chi connectivity index (χ0n) is 21.5. The Bertz CT molecular complexity index is 1480. The lowest BCUT2D eigenvalue weighted by atomic mass is 9.87. The molecule has 5 heteroatoms. The molecule has 3 aromatic carbocycles. The summed E-state index contributed by atoms with van der Waals surface area (Å²) in [6.45, 7) is 7.62. The van der Waals surface area contributed by atoms with Crippen LogP contribution in [0.5, 0.6) is 5.75 Å². The van der Waals surface area contributed by atoms with E-state index in [1.54, 1.807) is 17.3 Å². The van der Waals surface area contributed by atoms with Gasteiger partial charge in [0.05, 0.1) is 17.4 Å². The van der Waals surface area contributed by atoms with Gasteiger partial charge in [0.25, 0.3) is 0 Å². The minimum absolute atomic E-state index is 0.0803. The number of rotatable bonds is 8. The standard InChI is InChI=1S/C32H31N3O2/c1-32(2,3)26-17-15-24(16-18-26)21-34-29-14-8-7-13-28(29)30(37-22-25-10-5-4-6-11-25)31(34)35(23-36)27-12-9-19-33-20-27/h4-20,23H,21-22H2,1-3H3. The summed E-state index contributed by atoms with van der Waals surface area (Å²) in [5, 5.41) is 0.954. The van der Waals surface area contributed by atoms with Gasteiger partial charge in [-0.3, -0.25) is 14.7 Å². The zero-order chi connectivity index (χ0) is 25.8. The third-order valence-corrected chi connectivity index (χ3v) is 6.54.